The maximum Gasteiger partial charge on any atom is 0.433 e. The Morgan fingerprint density at radius 3 is 2.62 bits per heavy atom. The maximum absolute atomic E-state index is 13.2. The standard InChI is InChI=1S/C20H18N2O6S/c1-26-15-10-12-7-8-21(20(23)14-5-6-18(28-14)22(24)25)19(17-4-3-9-29-17)13(12)11-16(15)27-2/h3-6,9-11,19H,7-8H2,1-2H3. The molecule has 1 aliphatic rings. The van der Waals surface area contributed by atoms with E-state index in [1.807, 2.05) is 29.6 Å². The molecule has 0 bridgehead atoms. The Morgan fingerprint density at radius 2 is 2.00 bits per heavy atom. The lowest BCUT2D eigenvalue weighted by atomic mass is 9.90. The van der Waals surface area contributed by atoms with Gasteiger partial charge in [-0.15, -0.1) is 11.3 Å². The average molecular weight is 414 g/mol. The molecule has 2 aromatic heterocycles. The van der Waals surface area contributed by atoms with Crippen LogP contribution in [0.4, 0.5) is 5.88 Å². The minimum Gasteiger partial charge on any atom is -0.493 e. The van der Waals surface area contributed by atoms with Gasteiger partial charge in [0.05, 0.1) is 26.3 Å². The quantitative estimate of drug-likeness (QED) is 0.462. The summed E-state index contributed by atoms with van der Waals surface area (Å²) in [6.07, 6.45) is 0.617. The van der Waals surface area contributed by atoms with Crippen molar-refractivity contribution in [2.24, 2.45) is 0 Å². The highest BCUT2D eigenvalue weighted by atomic mass is 32.1. The Kier molecular flexibility index (Phi) is 4.98. The van der Waals surface area contributed by atoms with E-state index in [9.17, 15) is 14.9 Å². The van der Waals surface area contributed by atoms with Crippen LogP contribution in [0.5, 0.6) is 11.5 Å². The Bertz CT molecular complexity index is 1060. The van der Waals surface area contributed by atoms with Gasteiger partial charge in [-0.25, -0.2) is 0 Å². The van der Waals surface area contributed by atoms with Crippen molar-refractivity contribution in [1.82, 2.24) is 4.90 Å². The van der Waals surface area contributed by atoms with Crippen LogP contribution in [0.25, 0.3) is 0 Å². The third-order valence-corrected chi connectivity index (χ3v) is 5.85. The van der Waals surface area contributed by atoms with Crippen LogP contribution in [-0.2, 0) is 6.42 Å². The van der Waals surface area contributed by atoms with Crippen LogP contribution < -0.4 is 9.47 Å². The number of hydrogen-bond acceptors (Lipinski definition) is 7. The zero-order valence-corrected chi connectivity index (χ0v) is 16.6. The monoisotopic (exact) mass is 414 g/mol. The molecule has 4 rings (SSSR count). The normalized spacial score (nSPS) is 15.7. The second-order valence-electron chi connectivity index (χ2n) is 6.47. The largest absolute Gasteiger partial charge is 0.493 e. The molecule has 1 unspecified atom stereocenters. The molecule has 0 saturated carbocycles. The minimum atomic E-state index is -0.657. The van der Waals surface area contributed by atoms with E-state index in [4.69, 9.17) is 13.9 Å². The predicted octanol–water partition coefficient (Wildman–Crippen LogP) is 4.05. The molecule has 9 heteroatoms. The summed E-state index contributed by atoms with van der Waals surface area (Å²) in [5, 5.41) is 12.9. The Labute approximate surface area is 170 Å². The van der Waals surface area contributed by atoms with Gasteiger partial charge in [0.25, 0.3) is 5.91 Å². The highest BCUT2D eigenvalue weighted by Gasteiger charge is 2.36. The Morgan fingerprint density at radius 1 is 1.24 bits per heavy atom. The van der Waals surface area contributed by atoms with Gasteiger partial charge in [0.2, 0.25) is 0 Å². The zero-order chi connectivity index (χ0) is 20.5. The van der Waals surface area contributed by atoms with Crippen LogP contribution in [-0.4, -0.2) is 36.5 Å². The van der Waals surface area contributed by atoms with E-state index in [0.717, 1.165) is 16.0 Å². The fourth-order valence-electron chi connectivity index (χ4n) is 3.60. The number of amides is 1. The molecule has 0 N–H and O–H groups in total. The van der Waals surface area contributed by atoms with E-state index < -0.39 is 16.7 Å². The van der Waals surface area contributed by atoms with E-state index in [-0.39, 0.29) is 11.8 Å². The number of hydrogen-bond donors (Lipinski definition) is 0. The molecule has 0 aliphatic carbocycles. The molecule has 3 heterocycles. The number of furan rings is 1. The van der Waals surface area contributed by atoms with Crippen molar-refractivity contribution >= 4 is 23.1 Å². The first-order chi connectivity index (χ1) is 14.0. The van der Waals surface area contributed by atoms with Crippen LogP contribution in [0.3, 0.4) is 0 Å². The third kappa shape index (κ3) is 3.33. The van der Waals surface area contributed by atoms with Gasteiger partial charge in [-0.3, -0.25) is 14.9 Å². The van der Waals surface area contributed by atoms with Crippen LogP contribution in [0.2, 0.25) is 0 Å². The highest BCUT2D eigenvalue weighted by Crippen LogP contribution is 2.42. The zero-order valence-electron chi connectivity index (χ0n) is 15.8. The lowest BCUT2D eigenvalue weighted by molar-refractivity contribution is -0.402. The summed E-state index contributed by atoms with van der Waals surface area (Å²) in [6, 6.07) is 9.91. The van der Waals surface area contributed by atoms with Crippen molar-refractivity contribution in [3.8, 4) is 11.5 Å². The summed E-state index contributed by atoms with van der Waals surface area (Å²) in [4.78, 5) is 26.1. The van der Waals surface area contributed by atoms with Crippen molar-refractivity contribution in [2.75, 3.05) is 20.8 Å². The fourth-order valence-corrected chi connectivity index (χ4v) is 4.46. The fraction of sp³-hybridized carbons (Fsp3) is 0.250. The van der Waals surface area contributed by atoms with Crippen LogP contribution in [0, 0.1) is 10.1 Å². The molecule has 29 heavy (non-hydrogen) atoms. The van der Waals surface area contributed by atoms with Gasteiger partial charge >= 0.3 is 5.88 Å². The lowest BCUT2D eigenvalue weighted by Crippen LogP contribution is -2.40. The molecule has 8 nitrogen and oxygen atoms in total. The molecule has 1 aliphatic heterocycles. The molecular formula is C20H18N2O6S. The van der Waals surface area contributed by atoms with E-state index in [2.05, 4.69) is 0 Å². The van der Waals surface area contributed by atoms with Gasteiger partial charge in [0, 0.05) is 11.4 Å². The first kappa shape index (κ1) is 19.0. The first-order valence-corrected chi connectivity index (χ1v) is 9.75. The summed E-state index contributed by atoms with van der Waals surface area (Å²) >= 11 is 1.54. The molecule has 1 amide bonds. The van der Waals surface area contributed by atoms with E-state index >= 15 is 0 Å². The van der Waals surface area contributed by atoms with Crippen LogP contribution in [0.1, 0.15) is 32.6 Å². The molecule has 3 aromatic rings. The van der Waals surface area contributed by atoms with Crippen molar-refractivity contribution in [3.63, 3.8) is 0 Å². The smallest absolute Gasteiger partial charge is 0.433 e. The Hall–Kier alpha value is -3.33. The predicted molar refractivity (Wildman–Crippen MR) is 106 cm³/mol. The number of nitro groups is 1. The molecule has 150 valence electrons. The second kappa shape index (κ2) is 7.59. The van der Waals surface area contributed by atoms with Crippen molar-refractivity contribution in [1.29, 1.82) is 0 Å². The minimum absolute atomic E-state index is 0.0535. The molecular weight excluding hydrogens is 396 g/mol. The summed E-state index contributed by atoms with van der Waals surface area (Å²) in [5.74, 6) is 0.317. The van der Waals surface area contributed by atoms with Crippen molar-refractivity contribution in [2.45, 2.75) is 12.5 Å². The van der Waals surface area contributed by atoms with E-state index in [1.54, 1.807) is 19.1 Å². The van der Waals surface area contributed by atoms with Gasteiger partial charge in [-0.2, -0.15) is 0 Å². The lowest BCUT2D eigenvalue weighted by Gasteiger charge is -2.37. The highest BCUT2D eigenvalue weighted by molar-refractivity contribution is 7.10. The number of fused-ring (bicyclic) bond motifs is 1. The third-order valence-electron chi connectivity index (χ3n) is 4.93. The SMILES string of the molecule is COc1cc2c(cc1OC)C(c1cccs1)N(C(=O)c1ccc([N+](=O)[O-])o1)CC2. The summed E-state index contributed by atoms with van der Waals surface area (Å²) in [7, 11) is 3.15. The summed E-state index contributed by atoms with van der Waals surface area (Å²) in [6.45, 7) is 0.443. The van der Waals surface area contributed by atoms with Gasteiger partial charge in [-0.1, -0.05) is 6.07 Å². The topological polar surface area (TPSA) is 95.0 Å². The molecule has 1 aromatic carbocycles. The molecule has 0 spiro atoms. The number of thiophene rings is 1. The summed E-state index contributed by atoms with van der Waals surface area (Å²) < 4.78 is 16.0. The van der Waals surface area contributed by atoms with Gasteiger partial charge in [-0.05, 0) is 47.2 Å². The second-order valence-corrected chi connectivity index (χ2v) is 7.45. The van der Waals surface area contributed by atoms with E-state index in [1.165, 1.54) is 23.5 Å². The average Bonchev–Trinajstić information content (AvgIpc) is 3.43. The first-order valence-electron chi connectivity index (χ1n) is 8.87. The van der Waals surface area contributed by atoms with Gasteiger partial charge in [0.1, 0.15) is 4.92 Å². The Balaban J connectivity index is 1.79. The summed E-state index contributed by atoms with van der Waals surface area (Å²) in [5.41, 5.74) is 2.00. The van der Waals surface area contributed by atoms with Crippen LogP contribution in [0.15, 0.2) is 46.2 Å². The van der Waals surface area contributed by atoms with Crippen molar-refractivity contribution in [3.05, 3.63) is 73.7 Å². The number of ether oxygens (including phenoxy) is 2. The number of methoxy groups -OCH3 is 2. The molecule has 0 fully saturated rings. The van der Waals surface area contributed by atoms with Crippen LogP contribution >= 0.6 is 11.3 Å². The number of nitrogens with zero attached hydrogens (tertiary/aromatic N) is 2. The van der Waals surface area contributed by atoms with Crippen molar-refractivity contribution < 1.29 is 23.6 Å². The van der Waals surface area contributed by atoms with Gasteiger partial charge in [0.15, 0.2) is 17.3 Å². The molecule has 0 radical (unpaired) electrons. The number of rotatable bonds is 5. The molecule has 1 atom stereocenters. The van der Waals surface area contributed by atoms with Gasteiger partial charge < -0.3 is 18.8 Å². The number of benzene rings is 1. The number of carbonyl (C=O) groups excluding carboxylic acids is 1. The number of carbonyl (C=O) groups is 1. The van der Waals surface area contributed by atoms with E-state index in [0.29, 0.717) is 24.5 Å². The molecule has 0 saturated heterocycles. The maximum atomic E-state index is 13.2.